The van der Waals surface area contributed by atoms with Crippen LogP contribution in [0.15, 0.2) is 46.5 Å². The minimum Gasteiger partial charge on any atom is -0.324 e. The highest BCUT2D eigenvalue weighted by Gasteiger charge is 2.45. The Morgan fingerprint density at radius 1 is 1.16 bits per heavy atom. The number of nitrogens with two attached hydrogens (primary N) is 1. The summed E-state index contributed by atoms with van der Waals surface area (Å²) in [7, 11) is -2.04. The normalized spacial score (nSPS) is 18.2. The fraction of sp³-hybridized carbons (Fsp3) is 0.350. The molecule has 1 aliphatic carbocycles. The molecule has 0 radical (unpaired) electrons. The SMILES string of the molecule is CN1N=C(F)C2(CCCCC2)n2c1cc1cnc(Nc3ccc(S(N)(=O)=O)cc3)nc12. The van der Waals surface area contributed by atoms with Crippen molar-refractivity contribution in [3.63, 3.8) is 0 Å². The molecule has 0 amide bonds. The zero-order valence-corrected chi connectivity index (χ0v) is 17.7. The number of benzene rings is 1. The summed E-state index contributed by atoms with van der Waals surface area (Å²) >= 11 is 0. The fourth-order valence-corrected chi connectivity index (χ4v) is 5.00. The molecule has 31 heavy (non-hydrogen) atoms. The molecule has 11 heteroatoms. The number of nitrogens with zero attached hydrogens (tertiary/aromatic N) is 5. The number of aromatic nitrogens is 3. The molecule has 3 aromatic rings. The van der Waals surface area contributed by atoms with Crippen molar-refractivity contribution >= 4 is 44.5 Å². The third kappa shape index (κ3) is 3.24. The van der Waals surface area contributed by atoms with Crippen molar-refractivity contribution in [2.45, 2.75) is 42.5 Å². The summed E-state index contributed by atoms with van der Waals surface area (Å²) in [6.45, 7) is 0. The summed E-state index contributed by atoms with van der Waals surface area (Å²) in [5, 5.41) is 14.7. The van der Waals surface area contributed by atoms with Crippen LogP contribution in [-0.2, 0) is 15.6 Å². The van der Waals surface area contributed by atoms with Crippen molar-refractivity contribution < 1.29 is 12.8 Å². The predicted octanol–water partition coefficient (Wildman–Crippen LogP) is 3.21. The predicted molar refractivity (Wildman–Crippen MR) is 117 cm³/mol. The van der Waals surface area contributed by atoms with Crippen molar-refractivity contribution in [1.29, 1.82) is 0 Å². The van der Waals surface area contributed by atoms with Gasteiger partial charge < -0.3 is 5.32 Å². The van der Waals surface area contributed by atoms with Gasteiger partial charge in [-0.3, -0.25) is 4.57 Å². The summed E-state index contributed by atoms with van der Waals surface area (Å²) in [4.78, 5) is 9.07. The van der Waals surface area contributed by atoms with Crippen molar-refractivity contribution in [3.05, 3.63) is 36.5 Å². The second-order valence-electron chi connectivity index (χ2n) is 8.01. The number of primary sulfonamides is 1. The van der Waals surface area contributed by atoms with Crippen molar-refractivity contribution in [3.8, 4) is 0 Å². The number of hydrazone groups is 1. The number of sulfonamides is 1. The smallest absolute Gasteiger partial charge is 0.238 e. The van der Waals surface area contributed by atoms with Gasteiger partial charge in [-0.05, 0) is 43.2 Å². The maximum Gasteiger partial charge on any atom is 0.238 e. The van der Waals surface area contributed by atoms with Crippen LogP contribution >= 0.6 is 0 Å². The highest BCUT2D eigenvalue weighted by molar-refractivity contribution is 7.89. The van der Waals surface area contributed by atoms with E-state index in [2.05, 4.69) is 20.4 Å². The Hall–Kier alpha value is -3.05. The molecule has 0 atom stereocenters. The molecule has 1 spiro atoms. The molecule has 5 rings (SSSR count). The zero-order chi connectivity index (χ0) is 21.8. The molecule has 2 aromatic heterocycles. The lowest BCUT2D eigenvalue weighted by atomic mass is 9.81. The monoisotopic (exact) mass is 443 g/mol. The summed E-state index contributed by atoms with van der Waals surface area (Å²) in [5.74, 6) is 0.724. The summed E-state index contributed by atoms with van der Waals surface area (Å²) < 4.78 is 40.1. The lowest BCUT2D eigenvalue weighted by molar-refractivity contribution is 0.263. The van der Waals surface area contributed by atoms with E-state index in [4.69, 9.17) is 5.14 Å². The van der Waals surface area contributed by atoms with Gasteiger partial charge in [-0.1, -0.05) is 19.3 Å². The second-order valence-corrected chi connectivity index (χ2v) is 9.57. The van der Waals surface area contributed by atoms with Gasteiger partial charge in [0.15, 0.2) is 0 Å². The molecule has 162 valence electrons. The maximum absolute atomic E-state index is 15.2. The molecule has 0 saturated heterocycles. The average molecular weight is 444 g/mol. The van der Waals surface area contributed by atoms with E-state index in [-0.39, 0.29) is 10.9 Å². The van der Waals surface area contributed by atoms with Crippen LogP contribution in [0.5, 0.6) is 0 Å². The van der Waals surface area contributed by atoms with Crippen LogP contribution in [-0.4, -0.2) is 36.0 Å². The van der Waals surface area contributed by atoms with Gasteiger partial charge in [-0.15, -0.1) is 5.10 Å². The molecule has 3 N–H and O–H groups in total. The Balaban J connectivity index is 1.57. The third-order valence-corrected chi connectivity index (χ3v) is 6.95. The van der Waals surface area contributed by atoms with Gasteiger partial charge in [0.2, 0.25) is 21.9 Å². The van der Waals surface area contributed by atoms with E-state index in [0.717, 1.165) is 30.5 Å². The molecule has 1 aromatic carbocycles. The van der Waals surface area contributed by atoms with Gasteiger partial charge >= 0.3 is 0 Å². The van der Waals surface area contributed by atoms with E-state index < -0.39 is 15.6 Å². The van der Waals surface area contributed by atoms with E-state index in [9.17, 15) is 8.42 Å². The minimum atomic E-state index is -3.76. The average Bonchev–Trinajstić information content (AvgIpc) is 3.13. The maximum atomic E-state index is 15.2. The third-order valence-electron chi connectivity index (χ3n) is 6.02. The van der Waals surface area contributed by atoms with Crippen LogP contribution < -0.4 is 15.5 Å². The van der Waals surface area contributed by atoms with Crippen LogP contribution in [0.4, 0.5) is 21.8 Å². The first-order valence-corrected chi connectivity index (χ1v) is 11.6. The Labute approximate surface area is 178 Å². The molecule has 0 bridgehead atoms. The Bertz CT molecular complexity index is 1300. The van der Waals surface area contributed by atoms with Crippen LogP contribution in [0.25, 0.3) is 11.0 Å². The van der Waals surface area contributed by atoms with Gasteiger partial charge in [0.25, 0.3) is 0 Å². The van der Waals surface area contributed by atoms with Gasteiger partial charge in [-0.2, -0.15) is 9.37 Å². The summed E-state index contributed by atoms with van der Waals surface area (Å²) in [5.41, 5.74) is 0.423. The highest BCUT2D eigenvalue weighted by Crippen LogP contribution is 2.45. The molecule has 1 fully saturated rings. The molecular weight excluding hydrogens is 421 g/mol. The van der Waals surface area contributed by atoms with Gasteiger partial charge in [0.1, 0.15) is 17.0 Å². The molecule has 9 nitrogen and oxygen atoms in total. The summed E-state index contributed by atoms with van der Waals surface area (Å²) in [6.07, 6.45) is 5.98. The van der Waals surface area contributed by atoms with Gasteiger partial charge in [0, 0.05) is 24.3 Å². The first kappa shape index (κ1) is 19.9. The molecule has 1 aliphatic heterocycles. The van der Waals surface area contributed by atoms with Crippen LogP contribution in [0, 0.1) is 0 Å². The standard InChI is InChI=1S/C20H22FN7O2S/c1-27-16-11-13-12-23-19(24-14-5-7-15(8-6-14)31(22,29)30)25-17(13)28(16)20(18(21)26-27)9-3-2-4-10-20/h5-8,11-12H,2-4,9-10H2,1H3,(H2,22,29,30)(H,23,24,25). The molecule has 3 heterocycles. The molecule has 1 saturated carbocycles. The van der Waals surface area contributed by atoms with Gasteiger partial charge in [0.05, 0.1) is 4.90 Å². The largest absolute Gasteiger partial charge is 0.324 e. The Kier molecular flexibility index (Phi) is 4.48. The number of nitrogens with one attached hydrogen (secondary N) is 1. The minimum absolute atomic E-state index is 0.0205. The van der Waals surface area contributed by atoms with E-state index in [1.807, 2.05) is 10.6 Å². The van der Waals surface area contributed by atoms with Crippen LogP contribution in [0.3, 0.4) is 0 Å². The van der Waals surface area contributed by atoms with Gasteiger partial charge in [-0.25, -0.2) is 23.5 Å². The second kappa shape index (κ2) is 6.99. The number of anilines is 3. The van der Waals surface area contributed by atoms with Crippen molar-refractivity contribution in [1.82, 2.24) is 14.5 Å². The number of rotatable bonds is 3. The summed E-state index contributed by atoms with van der Waals surface area (Å²) in [6, 6.07) is 7.92. The Morgan fingerprint density at radius 2 is 1.87 bits per heavy atom. The van der Waals surface area contributed by atoms with Crippen molar-refractivity contribution in [2.24, 2.45) is 10.2 Å². The van der Waals surface area contributed by atoms with Crippen LogP contribution in [0.1, 0.15) is 32.1 Å². The van der Waals surface area contributed by atoms with Crippen LogP contribution in [0.2, 0.25) is 0 Å². The lowest BCUT2D eigenvalue weighted by Gasteiger charge is -2.41. The molecule has 0 unspecified atom stereocenters. The van der Waals surface area contributed by atoms with E-state index in [1.54, 1.807) is 25.4 Å². The van der Waals surface area contributed by atoms with E-state index >= 15 is 4.39 Å². The van der Waals surface area contributed by atoms with E-state index in [1.165, 1.54) is 17.1 Å². The number of halogens is 1. The quantitative estimate of drug-likeness (QED) is 0.642. The first-order chi connectivity index (χ1) is 14.8. The Morgan fingerprint density at radius 3 is 2.55 bits per heavy atom. The highest BCUT2D eigenvalue weighted by atomic mass is 32.2. The number of hydrogen-bond donors (Lipinski definition) is 2. The zero-order valence-electron chi connectivity index (χ0n) is 16.9. The van der Waals surface area contributed by atoms with Crippen molar-refractivity contribution in [2.75, 3.05) is 17.4 Å². The lowest BCUT2D eigenvalue weighted by Crippen LogP contribution is -2.46. The molecule has 2 aliphatic rings. The first-order valence-electron chi connectivity index (χ1n) is 10.1. The molecular formula is C20H22FN7O2S. The van der Waals surface area contributed by atoms with E-state index in [0.29, 0.717) is 30.1 Å². The number of fused-ring (bicyclic) bond motifs is 4. The number of hydrogen-bond acceptors (Lipinski definition) is 7. The fourth-order valence-electron chi connectivity index (χ4n) is 4.49. The topological polar surface area (TPSA) is 118 Å².